The second-order valence-electron chi connectivity index (χ2n) is 5.56. The number of hydrogen-bond acceptors (Lipinski definition) is 1. The van der Waals surface area contributed by atoms with Gasteiger partial charge in [-0.05, 0) is 48.9 Å². The predicted molar refractivity (Wildman–Crippen MR) is 70.4 cm³/mol. The van der Waals surface area contributed by atoms with Gasteiger partial charge in [0.1, 0.15) is 0 Å². The van der Waals surface area contributed by atoms with Crippen molar-refractivity contribution < 1.29 is 4.79 Å². The largest absolute Gasteiger partial charge is 0.351 e. The van der Waals surface area contributed by atoms with Crippen molar-refractivity contribution in [3.05, 3.63) is 34.4 Å². The normalized spacial score (nSPS) is 19.1. The number of carbonyl (C=O) groups is 1. The molecule has 0 fully saturated rings. The minimum atomic E-state index is 0.0862. The van der Waals surface area contributed by atoms with Crippen LogP contribution < -0.4 is 5.32 Å². The molecule has 1 atom stereocenters. The van der Waals surface area contributed by atoms with Gasteiger partial charge in [0.05, 0.1) is 0 Å². The van der Waals surface area contributed by atoms with Gasteiger partial charge >= 0.3 is 0 Å². The third-order valence-electron chi connectivity index (χ3n) is 3.62. The molecule has 0 spiro atoms. The highest BCUT2D eigenvalue weighted by molar-refractivity contribution is 5.97. The third-order valence-corrected chi connectivity index (χ3v) is 3.62. The van der Waals surface area contributed by atoms with Crippen molar-refractivity contribution >= 4 is 5.91 Å². The van der Waals surface area contributed by atoms with Crippen molar-refractivity contribution in [2.75, 3.05) is 6.54 Å². The molecule has 0 saturated heterocycles. The molecule has 0 aromatic heterocycles. The van der Waals surface area contributed by atoms with Gasteiger partial charge in [0.25, 0.3) is 5.91 Å². The Balaban J connectivity index is 2.44. The Morgan fingerprint density at radius 1 is 1.29 bits per heavy atom. The van der Waals surface area contributed by atoms with Crippen molar-refractivity contribution in [3.8, 4) is 0 Å². The zero-order valence-corrected chi connectivity index (χ0v) is 11.1. The minimum absolute atomic E-state index is 0.0862. The summed E-state index contributed by atoms with van der Waals surface area (Å²) in [6, 6.07) is 4.24. The summed E-state index contributed by atoms with van der Waals surface area (Å²) in [5, 5.41) is 3.00. The van der Waals surface area contributed by atoms with Crippen molar-refractivity contribution in [3.63, 3.8) is 0 Å². The second-order valence-corrected chi connectivity index (χ2v) is 5.56. The van der Waals surface area contributed by atoms with Gasteiger partial charge in [0, 0.05) is 18.0 Å². The van der Waals surface area contributed by atoms with Gasteiger partial charge in [-0.15, -0.1) is 0 Å². The van der Waals surface area contributed by atoms with E-state index in [4.69, 9.17) is 0 Å². The molecule has 2 rings (SSSR count). The van der Waals surface area contributed by atoms with Crippen LogP contribution in [0.1, 0.15) is 53.2 Å². The van der Waals surface area contributed by atoms with Crippen LogP contribution in [0.5, 0.6) is 0 Å². The molecule has 0 aliphatic carbocycles. The Kier molecular flexibility index (Phi) is 3.23. The highest BCUT2D eigenvalue weighted by Gasteiger charge is 2.26. The average molecular weight is 231 g/mol. The molecule has 1 amide bonds. The number of amides is 1. The van der Waals surface area contributed by atoms with Crippen molar-refractivity contribution in [2.24, 2.45) is 5.92 Å². The van der Waals surface area contributed by atoms with E-state index in [0.29, 0.717) is 11.8 Å². The molecule has 1 aliphatic rings. The monoisotopic (exact) mass is 231 g/mol. The molecule has 0 bridgehead atoms. The van der Waals surface area contributed by atoms with Crippen LogP contribution in [-0.2, 0) is 0 Å². The van der Waals surface area contributed by atoms with Crippen LogP contribution in [0.2, 0.25) is 0 Å². The van der Waals surface area contributed by atoms with E-state index in [0.717, 1.165) is 18.5 Å². The number of carbonyl (C=O) groups excluding carboxylic acids is 1. The van der Waals surface area contributed by atoms with E-state index in [2.05, 4.69) is 39.1 Å². The molecule has 1 aromatic rings. The topological polar surface area (TPSA) is 29.1 Å². The molecule has 17 heavy (non-hydrogen) atoms. The zero-order chi connectivity index (χ0) is 12.6. The molecule has 1 aliphatic heterocycles. The summed E-state index contributed by atoms with van der Waals surface area (Å²) in [7, 11) is 0. The number of rotatable bonds is 2. The fourth-order valence-electron chi connectivity index (χ4n) is 2.57. The number of benzene rings is 1. The molecule has 1 heterocycles. The number of hydrogen-bond donors (Lipinski definition) is 1. The Morgan fingerprint density at radius 2 is 1.94 bits per heavy atom. The fraction of sp³-hybridized carbons (Fsp3) is 0.533. The Bertz CT molecular complexity index is 448. The molecule has 92 valence electrons. The molecule has 0 saturated carbocycles. The molecule has 1 aromatic carbocycles. The van der Waals surface area contributed by atoms with Crippen LogP contribution in [0.4, 0.5) is 0 Å². The van der Waals surface area contributed by atoms with E-state index in [-0.39, 0.29) is 5.91 Å². The zero-order valence-electron chi connectivity index (χ0n) is 11.1. The van der Waals surface area contributed by atoms with Gasteiger partial charge in [0.15, 0.2) is 0 Å². The molecule has 1 unspecified atom stereocenters. The lowest BCUT2D eigenvalue weighted by molar-refractivity contribution is 0.0938. The summed E-state index contributed by atoms with van der Waals surface area (Å²) in [6.45, 7) is 9.43. The first kappa shape index (κ1) is 12.2. The van der Waals surface area contributed by atoms with Gasteiger partial charge in [-0.25, -0.2) is 0 Å². The molecular weight excluding hydrogens is 210 g/mol. The highest BCUT2D eigenvalue weighted by Crippen LogP contribution is 2.31. The van der Waals surface area contributed by atoms with Crippen molar-refractivity contribution in [1.82, 2.24) is 5.32 Å². The number of nitrogens with one attached hydrogen (secondary N) is 1. The molecule has 2 heteroatoms. The van der Waals surface area contributed by atoms with Crippen molar-refractivity contribution in [2.45, 2.75) is 40.0 Å². The highest BCUT2D eigenvalue weighted by atomic mass is 16.1. The summed E-state index contributed by atoms with van der Waals surface area (Å²) >= 11 is 0. The molecular formula is C15H21NO. The van der Waals surface area contributed by atoms with Crippen LogP contribution in [0.25, 0.3) is 0 Å². The van der Waals surface area contributed by atoms with Gasteiger partial charge in [-0.1, -0.05) is 19.9 Å². The van der Waals surface area contributed by atoms with Crippen molar-refractivity contribution in [1.29, 1.82) is 0 Å². The first-order valence-electron chi connectivity index (χ1n) is 6.38. The van der Waals surface area contributed by atoms with Crippen LogP contribution in [0, 0.1) is 19.8 Å². The minimum Gasteiger partial charge on any atom is -0.351 e. The van der Waals surface area contributed by atoms with Gasteiger partial charge in [-0.3, -0.25) is 4.79 Å². The van der Waals surface area contributed by atoms with Gasteiger partial charge in [0.2, 0.25) is 0 Å². The fourth-order valence-corrected chi connectivity index (χ4v) is 2.57. The lowest BCUT2D eigenvalue weighted by Crippen LogP contribution is -2.35. The van der Waals surface area contributed by atoms with Gasteiger partial charge in [-0.2, -0.15) is 0 Å². The van der Waals surface area contributed by atoms with Crippen LogP contribution in [-0.4, -0.2) is 12.5 Å². The summed E-state index contributed by atoms with van der Waals surface area (Å²) in [5.41, 5.74) is 4.60. The van der Waals surface area contributed by atoms with E-state index in [1.807, 2.05) is 6.07 Å². The maximum absolute atomic E-state index is 11.9. The maximum atomic E-state index is 11.9. The molecule has 0 radical (unpaired) electrons. The SMILES string of the molecule is Cc1cc2c(cc1C)C(CC(C)C)CNC2=O. The number of aryl methyl sites for hydroxylation is 2. The third kappa shape index (κ3) is 2.36. The summed E-state index contributed by atoms with van der Waals surface area (Å²) in [4.78, 5) is 11.9. The Labute approximate surface area is 103 Å². The first-order chi connectivity index (χ1) is 7.99. The second kappa shape index (κ2) is 4.52. The van der Waals surface area contributed by atoms with Crippen LogP contribution in [0.3, 0.4) is 0 Å². The maximum Gasteiger partial charge on any atom is 0.251 e. The molecule has 1 N–H and O–H groups in total. The van der Waals surface area contributed by atoms with Gasteiger partial charge < -0.3 is 5.32 Å². The Hall–Kier alpha value is -1.31. The summed E-state index contributed by atoms with van der Waals surface area (Å²) in [5.74, 6) is 1.22. The van der Waals surface area contributed by atoms with E-state index in [9.17, 15) is 4.79 Å². The predicted octanol–water partition coefficient (Wildman–Crippen LogP) is 3.18. The summed E-state index contributed by atoms with van der Waals surface area (Å²) < 4.78 is 0. The standard InChI is InChI=1S/C15H21NO/c1-9(2)5-12-8-16-15(17)14-7-11(4)10(3)6-13(12)14/h6-7,9,12H,5,8H2,1-4H3,(H,16,17). The Morgan fingerprint density at radius 3 is 2.59 bits per heavy atom. The quantitative estimate of drug-likeness (QED) is 0.832. The summed E-state index contributed by atoms with van der Waals surface area (Å²) in [6.07, 6.45) is 1.13. The van der Waals surface area contributed by atoms with Crippen LogP contribution in [0.15, 0.2) is 12.1 Å². The smallest absolute Gasteiger partial charge is 0.251 e. The average Bonchev–Trinajstić information content (AvgIpc) is 2.25. The van der Waals surface area contributed by atoms with Crippen LogP contribution >= 0.6 is 0 Å². The van der Waals surface area contributed by atoms with E-state index in [1.165, 1.54) is 16.7 Å². The van der Waals surface area contributed by atoms with E-state index >= 15 is 0 Å². The van der Waals surface area contributed by atoms with E-state index < -0.39 is 0 Å². The number of fused-ring (bicyclic) bond motifs is 1. The lowest BCUT2D eigenvalue weighted by atomic mass is 9.83. The first-order valence-corrected chi connectivity index (χ1v) is 6.38. The van der Waals surface area contributed by atoms with E-state index in [1.54, 1.807) is 0 Å². The molecule has 2 nitrogen and oxygen atoms in total. The lowest BCUT2D eigenvalue weighted by Gasteiger charge is -2.28.